The number of carboxylic acids is 1. The van der Waals surface area contributed by atoms with Crippen LogP contribution in [-0.2, 0) is 4.79 Å². The fourth-order valence-electron chi connectivity index (χ4n) is 1.42. The summed E-state index contributed by atoms with van der Waals surface area (Å²) in [6, 6.07) is 0.316. The summed E-state index contributed by atoms with van der Waals surface area (Å²) in [7, 11) is 0. The summed E-state index contributed by atoms with van der Waals surface area (Å²) in [5.41, 5.74) is -0.0756. The van der Waals surface area contributed by atoms with Crippen LogP contribution in [0, 0.1) is 0 Å². The van der Waals surface area contributed by atoms with Crippen LogP contribution in [0.4, 0.5) is 0 Å². The van der Waals surface area contributed by atoms with Crippen molar-refractivity contribution in [3.8, 4) is 0 Å². The van der Waals surface area contributed by atoms with Gasteiger partial charge in [-0.1, -0.05) is 6.92 Å². The summed E-state index contributed by atoms with van der Waals surface area (Å²) >= 11 is 0. The smallest absolute Gasteiger partial charge is 0.317 e. The van der Waals surface area contributed by atoms with Crippen molar-refractivity contribution in [1.82, 2.24) is 4.90 Å². The lowest BCUT2D eigenvalue weighted by molar-refractivity contribution is -0.140. The van der Waals surface area contributed by atoms with Gasteiger partial charge in [-0.25, -0.2) is 0 Å². The standard InChI is InChI=1S/C10H21NO2/c1-6-8(2)11(7-9(12)13)10(3,4)5/h8H,6-7H2,1-5H3,(H,12,13). The molecule has 0 bridgehead atoms. The molecule has 0 amide bonds. The van der Waals surface area contributed by atoms with Gasteiger partial charge in [-0.3, -0.25) is 9.69 Å². The van der Waals surface area contributed by atoms with E-state index in [0.717, 1.165) is 6.42 Å². The van der Waals surface area contributed by atoms with E-state index in [4.69, 9.17) is 5.11 Å². The number of hydrogen-bond donors (Lipinski definition) is 1. The quantitative estimate of drug-likeness (QED) is 0.731. The summed E-state index contributed by atoms with van der Waals surface area (Å²) in [5.74, 6) is -0.754. The monoisotopic (exact) mass is 187 g/mol. The molecule has 78 valence electrons. The second-order valence-electron chi connectivity index (χ2n) is 4.45. The highest BCUT2D eigenvalue weighted by molar-refractivity contribution is 5.69. The Labute approximate surface area is 80.7 Å². The van der Waals surface area contributed by atoms with Crippen LogP contribution < -0.4 is 0 Å². The van der Waals surface area contributed by atoms with Crippen LogP contribution in [0.15, 0.2) is 0 Å². The van der Waals surface area contributed by atoms with Crippen molar-refractivity contribution in [2.24, 2.45) is 0 Å². The zero-order chi connectivity index (χ0) is 10.6. The molecule has 0 rings (SSSR count). The number of rotatable bonds is 4. The first-order chi connectivity index (χ1) is 5.79. The van der Waals surface area contributed by atoms with E-state index in [9.17, 15) is 4.79 Å². The van der Waals surface area contributed by atoms with E-state index in [-0.39, 0.29) is 12.1 Å². The Hall–Kier alpha value is -0.570. The lowest BCUT2D eigenvalue weighted by Gasteiger charge is -2.38. The Balaban J connectivity index is 4.46. The van der Waals surface area contributed by atoms with Gasteiger partial charge in [0.2, 0.25) is 0 Å². The van der Waals surface area contributed by atoms with E-state index in [2.05, 4.69) is 13.8 Å². The molecule has 0 saturated heterocycles. The largest absolute Gasteiger partial charge is 0.480 e. The summed E-state index contributed by atoms with van der Waals surface area (Å²) in [4.78, 5) is 12.6. The van der Waals surface area contributed by atoms with Crippen LogP contribution in [0.2, 0.25) is 0 Å². The summed E-state index contributed by atoms with van der Waals surface area (Å²) in [6.45, 7) is 10.4. The van der Waals surface area contributed by atoms with Crippen LogP contribution >= 0.6 is 0 Å². The molecule has 1 N–H and O–H groups in total. The number of nitrogens with zero attached hydrogens (tertiary/aromatic N) is 1. The molecule has 0 aliphatic carbocycles. The summed E-state index contributed by atoms with van der Waals surface area (Å²) in [5, 5.41) is 8.75. The Kier molecular flexibility index (Phi) is 4.40. The summed E-state index contributed by atoms with van der Waals surface area (Å²) < 4.78 is 0. The molecule has 1 unspecified atom stereocenters. The van der Waals surface area contributed by atoms with Crippen LogP contribution in [0.1, 0.15) is 41.0 Å². The van der Waals surface area contributed by atoms with Gasteiger partial charge >= 0.3 is 5.97 Å². The Morgan fingerprint density at radius 3 is 2.15 bits per heavy atom. The van der Waals surface area contributed by atoms with Crippen molar-refractivity contribution in [3.63, 3.8) is 0 Å². The van der Waals surface area contributed by atoms with Gasteiger partial charge in [0.1, 0.15) is 0 Å². The molecule has 0 aromatic rings. The Morgan fingerprint density at radius 2 is 1.92 bits per heavy atom. The van der Waals surface area contributed by atoms with E-state index in [1.807, 2.05) is 25.7 Å². The average Bonchev–Trinajstić information content (AvgIpc) is 1.96. The molecule has 0 saturated carbocycles. The first kappa shape index (κ1) is 12.4. The first-order valence-corrected chi connectivity index (χ1v) is 4.77. The van der Waals surface area contributed by atoms with Gasteiger partial charge in [-0.2, -0.15) is 0 Å². The van der Waals surface area contributed by atoms with Crippen LogP contribution in [0.3, 0.4) is 0 Å². The topological polar surface area (TPSA) is 40.5 Å². The van der Waals surface area contributed by atoms with Gasteiger partial charge in [0.15, 0.2) is 0 Å². The van der Waals surface area contributed by atoms with Crippen molar-refractivity contribution in [2.75, 3.05) is 6.54 Å². The number of aliphatic carboxylic acids is 1. The molecule has 0 heterocycles. The molecule has 0 spiro atoms. The normalized spacial score (nSPS) is 14.6. The van der Waals surface area contributed by atoms with Crippen LogP contribution in [0.5, 0.6) is 0 Å². The Bertz CT molecular complexity index is 172. The highest BCUT2D eigenvalue weighted by Crippen LogP contribution is 2.17. The molecule has 0 aliphatic heterocycles. The van der Waals surface area contributed by atoms with Crippen molar-refractivity contribution in [1.29, 1.82) is 0 Å². The second kappa shape index (κ2) is 4.61. The SMILES string of the molecule is CCC(C)N(CC(=O)O)C(C)(C)C. The number of hydrogen-bond acceptors (Lipinski definition) is 2. The van der Waals surface area contributed by atoms with Crippen molar-refractivity contribution >= 4 is 5.97 Å². The van der Waals surface area contributed by atoms with E-state index < -0.39 is 5.97 Å². The molecule has 3 heteroatoms. The molecule has 0 aromatic heterocycles. The minimum absolute atomic E-state index is 0.0756. The van der Waals surface area contributed by atoms with Crippen LogP contribution in [-0.4, -0.2) is 34.1 Å². The molecular formula is C10H21NO2. The summed E-state index contributed by atoms with van der Waals surface area (Å²) in [6.07, 6.45) is 0.977. The maximum Gasteiger partial charge on any atom is 0.317 e. The van der Waals surface area contributed by atoms with Crippen molar-refractivity contribution in [2.45, 2.75) is 52.6 Å². The van der Waals surface area contributed by atoms with Gasteiger partial charge in [0.05, 0.1) is 6.54 Å². The highest BCUT2D eigenvalue weighted by Gasteiger charge is 2.26. The van der Waals surface area contributed by atoms with Crippen molar-refractivity contribution in [3.05, 3.63) is 0 Å². The van der Waals surface area contributed by atoms with E-state index in [1.54, 1.807) is 0 Å². The maximum atomic E-state index is 10.6. The second-order valence-corrected chi connectivity index (χ2v) is 4.45. The zero-order valence-electron chi connectivity index (χ0n) is 9.29. The highest BCUT2D eigenvalue weighted by atomic mass is 16.4. The number of carboxylic acid groups (broad SMARTS) is 1. The van der Waals surface area contributed by atoms with Gasteiger partial charge in [-0.05, 0) is 34.1 Å². The first-order valence-electron chi connectivity index (χ1n) is 4.77. The molecule has 0 aromatic carbocycles. The fourth-order valence-corrected chi connectivity index (χ4v) is 1.42. The predicted molar refractivity (Wildman–Crippen MR) is 53.8 cm³/mol. The van der Waals surface area contributed by atoms with Gasteiger partial charge in [0, 0.05) is 11.6 Å². The van der Waals surface area contributed by atoms with Crippen LogP contribution in [0.25, 0.3) is 0 Å². The van der Waals surface area contributed by atoms with E-state index >= 15 is 0 Å². The number of carbonyl (C=O) groups is 1. The molecular weight excluding hydrogens is 166 g/mol. The molecule has 13 heavy (non-hydrogen) atoms. The molecule has 0 fully saturated rings. The van der Waals surface area contributed by atoms with Crippen molar-refractivity contribution < 1.29 is 9.90 Å². The molecule has 0 aliphatic rings. The van der Waals surface area contributed by atoms with Gasteiger partial charge in [0.25, 0.3) is 0 Å². The minimum atomic E-state index is -0.754. The lowest BCUT2D eigenvalue weighted by Crippen LogP contribution is -2.49. The lowest BCUT2D eigenvalue weighted by atomic mass is 10.0. The minimum Gasteiger partial charge on any atom is -0.480 e. The van der Waals surface area contributed by atoms with E-state index in [1.165, 1.54) is 0 Å². The fraction of sp³-hybridized carbons (Fsp3) is 0.900. The third-order valence-corrected chi connectivity index (χ3v) is 2.29. The zero-order valence-corrected chi connectivity index (χ0v) is 9.29. The average molecular weight is 187 g/mol. The third kappa shape index (κ3) is 4.27. The molecule has 1 atom stereocenters. The predicted octanol–water partition coefficient (Wildman–Crippen LogP) is 1.97. The molecule has 0 radical (unpaired) electrons. The molecule has 3 nitrogen and oxygen atoms in total. The van der Waals surface area contributed by atoms with Gasteiger partial charge < -0.3 is 5.11 Å². The van der Waals surface area contributed by atoms with Gasteiger partial charge in [-0.15, -0.1) is 0 Å². The Morgan fingerprint density at radius 1 is 1.46 bits per heavy atom. The van der Waals surface area contributed by atoms with E-state index in [0.29, 0.717) is 6.04 Å². The third-order valence-electron chi connectivity index (χ3n) is 2.29. The maximum absolute atomic E-state index is 10.6.